The van der Waals surface area contributed by atoms with E-state index in [1.807, 2.05) is 0 Å². The van der Waals surface area contributed by atoms with Crippen molar-refractivity contribution in [2.45, 2.75) is 6.10 Å². The van der Waals surface area contributed by atoms with Gasteiger partial charge in [-0.15, -0.1) is 0 Å². The number of rotatable bonds is 4. The maximum absolute atomic E-state index is 13.8. The van der Waals surface area contributed by atoms with Crippen molar-refractivity contribution in [3.8, 4) is 11.5 Å². The van der Waals surface area contributed by atoms with Crippen LogP contribution in [0.5, 0.6) is 11.5 Å². The average molecular weight is 359 g/mol. The smallest absolute Gasteiger partial charge is 0.142 e. The van der Waals surface area contributed by atoms with Crippen molar-refractivity contribution in [3.63, 3.8) is 0 Å². The summed E-state index contributed by atoms with van der Waals surface area (Å²) in [5.74, 6) is -0.908. The van der Waals surface area contributed by atoms with Crippen LogP contribution in [0.3, 0.4) is 0 Å². The van der Waals surface area contributed by atoms with Gasteiger partial charge in [0.1, 0.15) is 33.7 Å². The van der Waals surface area contributed by atoms with Gasteiger partial charge in [-0.1, -0.05) is 6.07 Å². The van der Waals surface area contributed by atoms with Crippen LogP contribution in [0.4, 0.5) is 8.78 Å². The van der Waals surface area contributed by atoms with Crippen LogP contribution in [0.2, 0.25) is 0 Å². The number of benzene rings is 2. The van der Waals surface area contributed by atoms with Crippen LogP contribution in [0, 0.1) is 11.6 Å². The van der Waals surface area contributed by atoms with Gasteiger partial charge in [0.2, 0.25) is 0 Å². The lowest BCUT2D eigenvalue weighted by Gasteiger charge is -2.18. The summed E-state index contributed by atoms with van der Waals surface area (Å²) >= 11 is 3.28. The van der Waals surface area contributed by atoms with Gasteiger partial charge in [-0.25, -0.2) is 8.78 Å². The van der Waals surface area contributed by atoms with Crippen LogP contribution in [0.25, 0.3) is 0 Å². The molecule has 0 aliphatic carbocycles. The zero-order chi connectivity index (χ0) is 15.6. The highest BCUT2D eigenvalue weighted by atomic mass is 79.9. The molecule has 0 radical (unpaired) electrons. The fourth-order valence-corrected chi connectivity index (χ4v) is 2.75. The number of halogens is 3. The molecule has 1 unspecified atom stereocenters. The van der Waals surface area contributed by atoms with Gasteiger partial charge in [0.15, 0.2) is 0 Å². The Morgan fingerprint density at radius 3 is 2.19 bits per heavy atom. The number of aliphatic hydroxyl groups excluding tert-OH is 1. The lowest BCUT2D eigenvalue weighted by atomic mass is 9.99. The lowest BCUT2D eigenvalue weighted by molar-refractivity contribution is 0.203. The molecule has 1 atom stereocenters. The van der Waals surface area contributed by atoms with E-state index in [1.165, 1.54) is 26.4 Å². The van der Waals surface area contributed by atoms with Gasteiger partial charge in [-0.05, 0) is 40.2 Å². The number of aliphatic hydroxyl groups is 1. The third-order valence-corrected chi connectivity index (χ3v) is 3.83. The van der Waals surface area contributed by atoms with Crippen LogP contribution < -0.4 is 9.47 Å². The van der Waals surface area contributed by atoms with Crippen LogP contribution in [0.1, 0.15) is 17.2 Å². The molecule has 0 bridgehead atoms. The second-order valence-corrected chi connectivity index (χ2v) is 5.04. The quantitative estimate of drug-likeness (QED) is 0.902. The minimum atomic E-state index is -1.50. The third-order valence-electron chi connectivity index (χ3n) is 3.08. The van der Waals surface area contributed by atoms with Crippen molar-refractivity contribution in [1.29, 1.82) is 0 Å². The normalized spacial score (nSPS) is 12.1. The topological polar surface area (TPSA) is 38.7 Å². The van der Waals surface area contributed by atoms with Crippen molar-refractivity contribution >= 4 is 15.9 Å². The summed E-state index contributed by atoms with van der Waals surface area (Å²) in [6, 6.07) is 6.49. The second kappa shape index (κ2) is 6.41. The first-order valence-electron chi connectivity index (χ1n) is 6.03. The fourth-order valence-electron chi connectivity index (χ4n) is 2.06. The maximum atomic E-state index is 13.8. The Hall–Kier alpha value is -1.66. The van der Waals surface area contributed by atoms with Gasteiger partial charge in [-0.3, -0.25) is 0 Å². The standard InChI is InChI=1S/C15H13BrF2O3/c1-20-11-7-6-8(15(21-2)13(11)16)14(19)12-9(17)4-3-5-10(12)18/h3-7,14,19H,1-2H3. The van der Waals surface area contributed by atoms with E-state index in [-0.39, 0.29) is 11.3 Å². The van der Waals surface area contributed by atoms with E-state index in [0.29, 0.717) is 10.2 Å². The SMILES string of the molecule is COc1ccc(C(O)c2c(F)cccc2F)c(OC)c1Br. The number of ether oxygens (including phenoxy) is 2. The van der Waals surface area contributed by atoms with Crippen LogP contribution >= 0.6 is 15.9 Å². The summed E-state index contributed by atoms with van der Waals surface area (Å²) in [6.07, 6.45) is -1.50. The molecule has 0 aliphatic rings. The highest BCUT2D eigenvalue weighted by Crippen LogP contribution is 2.41. The van der Waals surface area contributed by atoms with Gasteiger partial charge >= 0.3 is 0 Å². The number of methoxy groups -OCH3 is 2. The van der Waals surface area contributed by atoms with Crippen molar-refractivity contribution < 1.29 is 23.4 Å². The van der Waals surface area contributed by atoms with Crippen LogP contribution in [-0.2, 0) is 0 Å². The Kier molecular flexibility index (Phi) is 4.80. The summed E-state index contributed by atoms with van der Waals surface area (Å²) in [4.78, 5) is 0. The first kappa shape index (κ1) is 15.7. The molecule has 0 amide bonds. The average Bonchev–Trinajstić information content (AvgIpc) is 2.46. The Morgan fingerprint density at radius 2 is 1.67 bits per heavy atom. The van der Waals surface area contributed by atoms with Gasteiger partial charge in [0, 0.05) is 5.56 Å². The fraction of sp³-hybridized carbons (Fsp3) is 0.200. The van der Waals surface area contributed by atoms with Crippen LogP contribution in [0.15, 0.2) is 34.8 Å². The zero-order valence-electron chi connectivity index (χ0n) is 11.4. The Morgan fingerprint density at radius 1 is 1.05 bits per heavy atom. The third kappa shape index (κ3) is 2.87. The van der Waals surface area contributed by atoms with Crippen LogP contribution in [-0.4, -0.2) is 19.3 Å². The predicted octanol–water partition coefficient (Wildman–Crippen LogP) is 3.83. The minimum absolute atomic E-state index is 0.231. The molecule has 112 valence electrons. The molecule has 0 saturated heterocycles. The van der Waals surface area contributed by atoms with Crippen molar-refractivity contribution in [2.75, 3.05) is 14.2 Å². The number of hydrogen-bond donors (Lipinski definition) is 1. The van der Waals surface area contributed by atoms with Crippen molar-refractivity contribution in [1.82, 2.24) is 0 Å². The molecule has 3 nitrogen and oxygen atoms in total. The molecular weight excluding hydrogens is 346 g/mol. The minimum Gasteiger partial charge on any atom is -0.495 e. The first-order chi connectivity index (χ1) is 10.0. The molecule has 2 rings (SSSR count). The van der Waals surface area contributed by atoms with E-state index in [4.69, 9.17) is 9.47 Å². The van der Waals surface area contributed by atoms with Gasteiger partial charge in [-0.2, -0.15) is 0 Å². The summed E-state index contributed by atoms with van der Waals surface area (Å²) in [5.41, 5.74) is -0.193. The molecule has 1 N–H and O–H groups in total. The number of hydrogen-bond acceptors (Lipinski definition) is 3. The Labute approximate surface area is 129 Å². The van der Waals surface area contributed by atoms with E-state index in [1.54, 1.807) is 6.07 Å². The molecule has 21 heavy (non-hydrogen) atoms. The summed E-state index contributed by atoms with van der Waals surface area (Å²) in [7, 11) is 2.87. The predicted molar refractivity (Wildman–Crippen MR) is 77.7 cm³/mol. The molecule has 2 aromatic rings. The second-order valence-electron chi connectivity index (χ2n) is 4.24. The Balaban J connectivity index is 2.59. The van der Waals surface area contributed by atoms with E-state index in [9.17, 15) is 13.9 Å². The molecule has 0 heterocycles. The van der Waals surface area contributed by atoms with Crippen molar-refractivity contribution in [2.24, 2.45) is 0 Å². The van der Waals surface area contributed by atoms with Gasteiger partial charge < -0.3 is 14.6 Å². The summed E-state index contributed by atoms with van der Waals surface area (Å²) in [6.45, 7) is 0. The molecule has 6 heteroatoms. The molecule has 0 spiro atoms. The van der Waals surface area contributed by atoms with E-state index < -0.39 is 23.3 Å². The highest BCUT2D eigenvalue weighted by molar-refractivity contribution is 9.10. The molecule has 0 aromatic heterocycles. The lowest BCUT2D eigenvalue weighted by Crippen LogP contribution is -2.08. The van der Waals surface area contributed by atoms with E-state index >= 15 is 0 Å². The largest absolute Gasteiger partial charge is 0.495 e. The zero-order valence-corrected chi connectivity index (χ0v) is 12.9. The van der Waals surface area contributed by atoms with Gasteiger partial charge in [0.25, 0.3) is 0 Å². The van der Waals surface area contributed by atoms with E-state index in [0.717, 1.165) is 12.1 Å². The first-order valence-corrected chi connectivity index (χ1v) is 6.82. The monoisotopic (exact) mass is 358 g/mol. The molecule has 0 aliphatic heterocycles. The van der Waals surface area contributed by atoms with Crippen molar-refractivity contribution in [3.05, 3.63) is 57.6 Å². The molecule has 2 aromatic carbocycles. The molecular formula is C15H13BrF2O3. The summed E-state index contributed by atoms with van der Waals surface area (Å²) in [5, 5.41) is 10.3. The summed E-state index contributed by atoms with van der Waals surface area (Å²) < 4.78 is 38.4. The Bertz CT molecular complexity index is 641. The molecule has 0 fully saturated rings. The van der Waals surface area contributed by atoms with E-state index in [2.05, 4.69) is 15.9 Å². The molecule has 0 saturated carbocycles. The highest BCUT2D eigenvalue weighted by Gasteiger charge is 2.24. The maximum Gasteiger partial charge on any atom is 0.142 e. The van der Waals surface area contributed by atoms with Gasteiger partial charge in [0.05, 0.1) is 19.8 Å².